The molecule has 2 aromatic rings. The van der Waals surface area contributed by atoms with Gasteiger partial charge in [-0.2, -0.15) is 0 Å². The number of anilines is 1. The van der Waals surface area contributed by atoms with Crippen LogP contribution in [0.25, 0.3) is 0 Å². The van der Waals surface area contributed by atoms with Crippen molar-refractivity contribution in [2.24, 2.45) is 0 Å². The van der Waals surface area contributed by atoms with E-state index in [0.29, 0.717) is 30.3 Å². The molecule has 23 heavy (non-hydrogen) atoms. The highest BCUT2D eigenvalue weighted by Crippen LogP contribution is 2.29. The third-order valence-electron chi connectivity index (χ3n) is 3.36. The van der Waals surface area contributed by atoms with Gasteiger partial charge in [0.25, 0.3) is 5.91 Å². The molecule has 0 fully saturated rings. The predicted octanol–water partition coefficient (Wildman–Crippen LogP) is 4.43. The van der Waals surface area contributed by atoms with Crippen molar-refractivity contribution in [1.82, 2.24) is 0 Å². The second-order valence-electron chi connectivity index (χ2n) is 5.21. The zero-order valence-electron chi connectivity index (χ0n) is 13.9. The second kappa shape index (κ2) is 8.22. The quantitative estimate of drug-likeness (QED) is 0.822. The Morgan fingerprint density at radius 1 is 1.04 bits per heavy atom. The minimum atomic E-state index is -0.165. The first-order valence-corrected chi connectivity index (χ1v) is 7.92. The molecule has 0 aliphatic heterocycles. The van der Waals surface area contributed by atoms with E-state index in [9.17, 15) is 4.79 Å². The van der Waals surface area contributed by atoms with Crippen molar-refractivity contribution in [3.8, 4) is 11.5 Å². The highest BCUT2D eigenvalue weighted by molar-refractivity contribution is 6.05. The monoisotopic (exact) mass is 313 g/mol. The highest BCUT2D eigenvalue weighted by Gasteiger charge is 2.12. The summed E-state index contributed by atoms with van der Waals surface area (Å²) in [4.78, 5) is 12.4. The largest absolute Gasteiger partial charge is 0.490 e. The summed E-state index contributed by atoms with van der Waals surface area (Å²) in [5.41, 5.74) is 2.37. The average Bonchev–Trinajstić information content (AvgIpc) is 2.56. The van der Waals surface area contributed by atoms with Crippen LogP contribution in [0.1, 0.15) is 36.2 Å². The number of nitrogens with one attached hydrogen (secondary N) is 1. The summed E-state index contributed by atoms with van der Waals surface area (Å²) in [5.74, 6) is 1.10. The van der Waals surface area contributed by atoms with E-state index >= 15 is 0 Å². The number of carbonyl (C=O) groups excluding carboxylic acids is 1. The Labute approximate surface area is 137 Å². The molecule has 0 bridgehead atoms. The lowest BCUT2D eigenvalue weighted by Crippen LogP contribution is -2.13. The Kier molecular flexibility index (Phi) is 6.03. The number of benzene rings is 2. The molecule has 4 heteroatoms. The summed E-state index contributed by atoms with van der Waals surface area (Å²) < 4.78 is 11.2. The van der Waals surface area contributed by atoms with Gasteiger partial charge in [0.2, 0.25) is 0 Å². The van der Waals surface area contributed by atoms with Crippen LogP contribution in [-0.2, 0) is 0 Å². The molecule has 0 spiro atoms. The summed E-state index contributed by atoms with van der Waals surface area (Å²) in [5, 5.41) is 2.92. The number of para-hydroxylation sites is 1. The van der Waals surface area contributed by atoms with Crippen LogP contribution in [0, 0.1) is 6.92 Å². The SMILES string of the molecule is CCCOc1ccc(C(=O)Nc2ccccc2C)cc1OCC. The first kappa shape index (κ1) is 16.9. The molecule has 0 radical (unpaired) electrons. The van der Waals surface area contributed by atoms with Gasteiger partial charge in [-0.25, -0.2) is 0 Å². The molecule has 2 rings (SSSR count). The van der Waals surface area contributed by atoms with Crippen LogP contribution in [-0.4, -0.2) is 19.1 Å². The fourth-order valence-electron chi connectivity index (χ4n) is 2.16. The summed E-state index contributed by atoms with van der Waals surface area (Å²) in [6, 6.07) is 12.9. The maximum absolute atomic E-state index is 12.4. The van der Waals surface area contributed by atoms with Gasteiger partial charge in [0.15, 0.2) is 11.5 Å². The molecular weight excluding hydrogens is 290 g/mol. The topological polar surface area (TPSA) is 47.6 Å². The molecule has 0 aliphatic carbocycles. The highest BCUT2D eigenvalue weighted by atomic mass is 16.5. The molecule has 4 nitrogen and oxygen atoms in total. The number of ether oxygens (including phenoxy) is 2. The fourth-order valence-corrected chi connectivity index (χ4v) is 2.16. The van der Waals surface area contributed by atoms with Crippen molar-refractivity contribution >= 4 is 11.6 Å². The first-order valence-electron chi connectivity index (χ1n) is 7.92. The van der Waals surface area contributed by atoms with E-state index in [1.807, 2.05) is 45.0 Å². The minimum Gasteiger partial charge on any atom is -0.490 e. The van der Waals surface area contributed by atoms with E-state index < -0.39 is 0 Å². The maximum Gasteiger partial charge on any atom is 0.255 e. The van der Waals surface area contributed by atoms with Crippen molar-refractivity contribution in [3.05, 3.63) is 53.6 Å². The van der Waals surface area contributed by atoms with E-state index in [4.69, 9.17) is 9.47 Å². The second-order valence-corrected chi connectivity index (χ2v) is 5.21. The third-order valence-corrected chi connectivity index (χ3v) is 3.36. The number of hydrogen-bond donors (Lipinski definition) is 1. The number of aryl methyl sites for hydroxylation is 1. The van der Waals surface area contributed by atoms with Crippen LogP contribution in [0.5, 0.6) is 11.5 Å². The van der Waals surface area contributed by atoms with Gasteiger partial charge < -0.3 is 14.8 Å². The standard InChI is InChI=1S/C19H23NO3/c1-4-12-23-17-11-10-15(13-18(17)22-5-2)19(21)20-16-9-7-6-8-14(16)3/h6-11,13H,4-5,12H2,1-3H3,(H,20,21). The van der Waals surface area contributed by atoms with Crippen molar-refractivity contribution in [2.45, 2.75) is 27.2 Å². The van der Waals surface area contributed by atoms with Gasteiger partial charge >= 0.3 is 0 Å². The van der Waals surface area contributed by atoms with Crippen LogP contribution in [0.15, 0.2) is 42.5 Å². The number of rotatable bonds is 7. The molecular formula is C19H23NO3. The molecule has 0 atom stereocenters. The van der Waals surface area contributed by atoms with E-state index in [0.717, 1.165) is 17.7 Å². The van der Waals surface area contributed by atoms with Gasteiger partial charge in [0, 0.05) is 11.3 Å². The lowest BCUT2D eigenvalue weighted by molar-refractivity contribution is 0.102. The van der Waals surface area contributed by atoms with Gasteiger partial charge in [-0.3, -0.25) is 4.79 Å². The summed E-state index contributed by atoms with van der Waals surface area (Å²) in [6.07, 6.45) is 0.918. The minimum absolute atomic E-state index is 0.165. The molecule has 122 valence electrons. The fraction of sp³-hybridized carbons (Fsp3) is 0.316. The van der Waals surface area contributed by atoms with Crippen LogP contribution in [0.2, 0.25) is 0 Å². The number of amides is 1. The van der Waals surface area contributed by atoms with E-state index in [1.165, 1.54) is 0 Å². The van der Waals surface area contributed by atoms with Crippen molar-refractivity contribution in [3.63, 3.8) is 0 Å². The molecule has 0 saturated carbocycles. The van der Waals surface area contributed by atoms with E-state index in [-0.39, 0.29) is 5.91 Å². The first-order chi connectivity index (χ1) is 11.2. The normalized spacial score (nSPS) is 10.2. The molecule has 1 amide bonds. The third kappa shape index (κ3) is 4.49. The Bertz CT molecular complexity index is 667. The van der Waals surface area contributed by atoms with Crippen LogP contribution in [0.4, 0.5) is 5.69 Å². The van der Waals surface area contributed by atoms with Crippen molar-refractivity contribution < 1.29 is 14.3 Å². The Morgan fingerprint density at radius 2 is 1.83 bits per heavy atom. The lowest BCUT2D eigenvalue weighted by atomic mass is 10.1. The van der Waals surface area contributed by atoms with Crippen molar-refractivity contribution in [2.75, 3.05) is 18.5 Å². The number of carbonyl (C=O) groups is 1. The van der Waals surface area contributed by atoms with Gasteiger partial charge in [-0.15, -0.1) is 0 Å². The Morgan fingerprint density at radius 3 is 2.52 bits per heavy atom. The Balaban J connectivity index is 2.20. The smallest absolute Gasteiger partial charge is 0.255 e. The van der Waals surface area contributed by atoms with Crippen molar-refractivity contribution in [1.29, 1.82) is 0 Å². The maximum atomic E-state index is 12.4. The van der Waals surface area contributed by atoms with Crippen LogP contribution in [0.3, 0.4) is 0 Å². The molecule has 0 unspecified atom stereocenters. The molecule has 0 aliphatic rings. The lowest BCUT2D eigenvalue weighted by Gasteiger charge is -2.13. The summed E-state index contributed by atoms with van der Waals surface area (Å²) in [7, 11) is 0. The van der Waals surface area contributed by atoms with Gasteiger partial charge in [0.1, 0.15) is 0 Å². The van der Waals surface area contributed by atoms with Gasteiger partial charge in [-0.1, -0.05) is 25.1 Å². The Hall–Kier alpha value is -2.49. The van der Waals surface area contributed by atoms with E-state index in [2.05, 4.69) is 5.32 Å². The molecule has 1 N–H and O–H groups in total. The zero-order chi connectivity index (χ0) is 16.7. The van der Waals surface area contributed by atoms with Crippen LogP contribution >= 0.6 is 0 Å². The molecule has 0 heterocycles. The number of hydrogen-bond acceptors (Lipinski definition) is 3. The van der Waals surface area contributed by atoms with Crippen LogP contribution < -0.4 is 14.8 Å². The average molecular weight is 313 g/mol. The van der Waals surface area contributed by atoms with Gasteiger partial charge in [0.05, 0.1) is 13.2 Å². The van der Waals surface area contributed by atoms with Gasteiger partial charge in [-0.05, 0) is 50.1 Å². The van der Waals surface area contributed by atoms with E-state index in [1.54, 1.807) is 18.2 Å². The molecule has 2 aromatic carbocycles. The molecule has 0 saturated heterocycles. The zero-order valence-corrected chi connectivity index (χ0v) is 13.9. The molecule has 0 aromatic heterocycles. The summed E-state index contributed by atoms with van der Waals surface area (Å²) in [6.45, 7) is 7.05. The summed E-state index contributed by atoms with van der Waals surface area (Å²) >= 11 is 0. The predicted molar refractivity (Wildman–Crippen MR) is 92.5 cm³/mol.